The molecular formula is C40H38N6O3. The van der Waals surface area contributed by atoms with Crippen LogP contribution in [0.1, 0.15) is 33.2 Å². The highest BCUT2D eigenvalue weighted by Gasteiger charge is 2.23. The Morgan fingerprint density at radius 2 is 1.49 bits per heavy atom. The van der Waals surface area contributed by atoms with Gasteiger partial charge in [-0.15, -0.1) is 0 Å². The van der Waals surface area contributed by atoms with Crippen LogP contribution in [0, 0.1) is 6.92 Å². The van der Waals surface area contributed by atoms with E-state index < -0.39 is 6.09 Å². The maximum Gasteiger partial charge on any atom is 0.423 e. The number of pyridine rings is 1. The zero-order valence-corrected chi connectivity index (χ0v) is 28.0. The number of benzene rings is 4. The Kier molecular flexibility index (Phi) is 8.59. The molecule has 0 bridgehead atoms. The molecule has 246 valence electrons. The fourth-order valence-corrected chi connectivity index (χ4v) is 6.64. The first-order valence-electron chi connectivity index (χ1n) is 16.3. The van der Waals surface area contributed by atoms with E-state index in [1.54, 1.807) is 18.6 Å². The number of carbonyl (C=O) groups is 2. The number of rotatable bonds is 8. The van der Waals surface area contributed by atoms with Crippen molar-refractivity contribution in [2.75, 3.05) is 27.2 Å². The third-order valence-electron chi connectivity index (χ3n) is 9.05. The predicted octanol–water partition coefficient (Wildman–Crippen LogP) is 7.33. The molecule has 0 aliphatic carbocycles. The zero-order chi connectivity index (χ0) is 34.1. The van der Waals surface area contributed by atoms with Crippen LogP contribution in [0.3, 0.4) is 0 Å². The van der Waals surface area contributed by atoms with Crippen LogP contribution in [-0.2, 0) is 7.05 Å². The monoisotopic (exact) mass is 650 g/mol. The molecule has 2 amide bonds. The van der Waals surface area contributed by atoms with Gasteiger partial charge in [0.05, 0.1) is 11.6 Å². The molecule has 2 aromatic heterocycles. The third kappa shape index (κ3) is 6.12. The lowest BCUT2D eigenvalue weighted by Gasteiger charge is -2.31. The van der Waals surface area contributed by atoms with Crippen molar-refractivity contribution in [1.82, 2.24) is 29.6 Å². The topological polar surface area (TPSA) is 82.9 Å². The van der Waals surface area contributed by atoms with Gasteiger partial charge in [-0.25, -0.2) is 4.79 Å². The molecule has 0 fully saturated rings. The molecule has 1 aliphatic rings. The van der Waals surface area contributed by atoms with Gasteiger partial charge in [-0.05, 0) is 73.4 Å². The normalized spacial score (nSPS) is 12.9. The van der Waals surface area contributed by atoms with E-state index in [1.807, 2.05) is 105 Å². The first-order valence-corrected chi connectivity index (χ1v) is 16.3. The first kappa shape index (κ1) is 31.7. The summed E-state index contributed by atoms with van der Waals surface area (Å²) in [6, 6.07) is 30.1. The first-order chi connectivity index (χ1) is 23.8. The van der Waals surface area contributed by atoms with Crippen molar-refractivity contribution < 1.29 is 14.3 Å². The van der Waals surface area contributed by atoms with Crippen molar-refractivity contribution in [3.05, 3.63) is 144 Å². The molecule has 0 unspecified atom stereocenters. The van der Waals surface area contributed by atoms with Crippen LogP contribution < -0.4 is 10.1 Å². The van der Waals surface area contributed by atoms with Gasteiger partial charge in [0.2, 0.25) is 0 Å². The van der Waals surface area contributed by atoms with E-state index in [0.29, 0.717) is 18.0 Å². The molecular weight excluding hydrogens is 612 g/mol. The van der Waals surface area contributed by atoms with Crippen LogP contribution in [0.5, 0.6) is 5.75 Å². The number of carbonyl (C=O) groups excluding carboxylic acids is 2. The van der Waals surface area contributed by atoms with E-state index in [-0.39, 0.29) is 11.9 Å². The van der Waals surface area contributed by atoms with Crippen LogP contribution in [-0.4, -0.2) is 63.4 Å². The molecule has 9 nitrogen and oxygen atoms in total. The van der Waals surface area contributed by atoms with Gasteiger partial charge in [0.25, 0.3) is 5.91 Å². The van der Waals surface area contributed by atoms with E-state index in [4.69, 9.17) is 4.74 Å². The standard InChI is InChI=1S/C40H38N6O3/c1-27-31-17-18-41-36(39(47)42-19-20-43(2)3)33(31)26-34-32-25-30(15-16-35(32)44(4)37(27)34)49-40(48)46-23-21-45(22-24-46)38(28-11-7-5-8-12-28)29-13-9-6-10-14-29/h5-18,21-26,38H,19-20H2,1-4H3,(H,42,47). The molecule has 0 saturated heterocycles. The lowest BCUT2D eigenvalue weighted by molar-refractivity contribution is 0.0948. The largest absolute Gasteiger partial charge is 0.423 e. The zero-order valence-electron chi connectivity index (χ0n) is 28.0. The number of aryl methyl sites for hydroxylation is 2. The number of hydrogen-bond acceptors (Lipinski definition) is 6. The van der Waals surface area contributed by atoms with Crippen molar-refractivity contribution >= 4 is 44.6 Å². The number of nitrogens with zero attached hydrogens (tertiary/aromatic N) is 5. The van der Waals surface area contributed by atoms with Gasteiger partial charge in [0, 0.05) is 72.8 Å². The summed E-state index contributed by atoms with van der Waals surface area (Å²) in [5.41, 5.74) is 5.74. The fourth-order valence-electron chi connectivity index (χ4n) is 6.64. The average Bonchev–Trinajstić information content (AvgIpc) is 3.40. The molecule has 1 aliphatic heterocycles. The van der Waals surface area contributed by atoms with Gasteiger partial charge in [0.15, 0.2) is 0 Å². The Morgan fingerprint density at radius 3 is 2.14 bits per heavy atom. The van der Waals surface area contributed by atoms with Gasteiger partial charge in [-0.1, -0.05) is 60.7 Å². The maximum absolute atomic E-state index is 13.4. The number of nitrogens with one attached hydrogen (secondary N) is 1. The molecule has 3 heterocycles. The summed E-state index contributed by atoms with van der Waals surface area (Å²) < 4.78 is 8.05. The van der Waals surface area contributed by atoms with E-state index >= 15 is 0 Å². The summed E-state index contributed by atoms with van der Waals surface area (Å²) >= 11 is 0. The second-order valence-electron chi connectivity index (χ2n) is 12.5. The van der Waals surface area contributed by atoms with Crippen molar-refractivity contribution in [2.24, 2.45) is 7.05 Å². The van der Waals surface area contributed by atoms with E-state index in [0.717, 1.165) is 55.8 Å². The second kappa shape index (κ2) is 13.3. The highest BCUT2D eigenvalue weighted by Crippen LogP contribution is 2.37. The van der Waals surface area contributed by atoms with E-state index in [2.05, 4.69) is 51.0 Å². The number of hydrogen-bond donors (Lipinski definition) is 1. The Hall–Kier alpha value is -5.93. The molecule has 4 aromatic carbocycles. The number of fused-ring (bicyclic) bond motifs is 4. The minimum atomic E-state index is -0.523. The minimum Gasteiger partial charge on any atom is -0.410 e. The number of likely N-dealkylation sites (N-methyl/N-ethyl adjacent to an activating group) is 1. The molecule has 0 spiro atoms. The Morgan fingerprint density at radius 1 is 0.816 bits per heavy atom. The third-order valence-corrected chi connectivity index (χ3v) is 9.05. The van der Waals surface area contributed by atoms with Gasteiger partial charge >= 0.3 is 6.09 Å². The summed E-state index contributed by atoms with van der Waals surface area (Å²) in [7, 11) is 5.96. The SMILES string of the molecule is Cc1c2ccnc(C(=O)NCCN(C)C)c2cc2c3cc(OC(=O)N4C=CN(C(c5ccccc5)c5ccccc5)C=C4)ccc3n(C)c12. The van der Waals surface area contributed by atoms with Crippen LogP contribution in [0.2, 0.25) is 0 Å². The van der Waals surface area contributed by atoms with Crippen molar-refractivity contribution in [1.29, 1.82) is 0 Å². The number of amides is 2. The predicted molar refractivity (Wildman–Crippen MR) is 194 cm³/mol. The Balaban J connectivity index is 1.16. The average molecular weight is 651 g/mol. The van der Waals surface area contributed by atoms with Crippen LogP contribution in [0.25, 0.3) is 32.6 Å². The molecule has 0 radical (unpaired) electrons. The Bertz CT molecular complexity index is 2190. The van der Waals surface area contributed by atoms with Crippen LogP contribution in [0.4, 0.5) is 4.79 Å². The quantitative estimate of drug-likeness (QED) is 0.186. The smallest absolute Gasteiger partial charge is 0.410 e. The minimum absolute atomic E-state index is 0.0544. The Labute approximate surface area is 285 Å². The van der Waals surface area contributed by atoms with Gasteiger partial charge in [-0.3, -0.25) is 14.7 Å². The molecule has 49 heavy (non-hydrogen) atoms. The summed E-state index contributed by atoms with van der Waals surface area (Å²) in [5, 5.41) is 6.62. The molecule has 0 saturated carbocycles. The summed E-state index contributed by atoms with van der Waals surface area (Å²) in [6.07, 6.45) is 8.36. The lowest BCUT2D eigenvalue weighted by Crippen LogP contribution is -2.31. The molecule has 9 heteroatoms. The number of ether oxygens (including phenoxy) is 1. The van der Waals surface area contributed by atoms with Crippen LogP contribution in [0.15, 0.2) is 122 Å². The highest BCUT2D eigenvalue weighted by molar-refractivity contribution is 6.17. The highest BCUT2D eigenvalue weighted by atomic mass is 16.6. The molecule has 6 aromatic rings. The summed E-state index contributed by atoms with van der Waals surface area (Å²) in [4.78, 5) is 36.6. The molecule has 1 N–H and O–H groups in total. The van der Waals surface area contributed by atoms with Crippen molar-refractivity contribution in [3.8, 4) is 5.75 Å². The van der Waals surface area contributed by atoms with E-state index in [1.165, 1.54) is 4.90 Å². The maximum atomic E-state index is 13.4. The molecule has 0 atom stereocenters. The van der Waals surface area contributed by atoms with Crippen LogP contribution >= 0.6 is 0 Å². The number of aromatic nitrogens is 2. The van der Waals surface area contributed by atoms with Crippen molar-refractivity contribution in [2.45, 2.75) is 13.0 Å². The fraction of sp³-hybridized carbons (Fsp3) is 0.175. The van der Waals surface area contributed by atoms with Gasteiger partial charge in [-0.2, -0.15) is 0 Å². The van der Waals surface area contributed by atoms with Crippen molar-refractivity contribution in [3.63, 3.8) is 0 Å². The lowest BCUT2D eigenvalue weighted by atomic mass is 9.97. The van der Waals surface area contributed by atoms with E-state index in [9.17, 15) is 9.59 Å². The summed E-state index contributed by atoms with van der Waals surface area (Å²) in [5.74, 6) is 0.215. The molecule has 7 rings (SSSR count). The van der Waals surface area contributed by atoms with Gasteiger partial charge < -0.3 is 24.4 Å². The second-order valence-corrected chi connectivity index (χ2v) is 12.5. The van der Waals surface area contributed by atoms with Gasteiger partial charge in [0.1, 0.15) is 11.4 Å². The summed E-state index contributed by atoms with van der Waals surface area (Å²) in [6.45, 7) is 3.32.